The first-order valence-electron chi connectivity index (χ1n) is 4.68. The van der Waals surface area contributed by atoms with Gasteiger partial charge in [-0.15, -0.1) is 6.42 Å². The molecule has 0 bridgehead atoms. The summed E-state index contributed by atoms with van der Waals surface area (Å²) in [7, 11) is 0. The molecule has 1 saturated heterocycles. The summed E-state index contributed by atoms with van der Waals surface area (Å²) in [6.07, 6.45) is 6.49. The minimum Gasteiger partial charge on any atom is -0.311 e. The van der Waals surface area contributed by atoms with E-state index in [9.17, 15) is 0 Å². The van der Waals surface area contributed by atoms with Crippen LogP contribution in [0.15, 0.2) is 0 Å². The summed E-state index contributed by atoms with van der Waals surface area (Å²) in [4.78, 5) is 2.39. The summed E-state index contributed by atoms with van der Waals surface area (Å²) < 4.78 is 0. The standard InChI is InChI=1S/C10H18N2/c1-4-6-12-8-9(3)11-7-10(12)5-2/h1,9-11H,5-8H2,2-3H3. The molecule has 12 heavy (non-hydrogen) atoms. The number of rotatable bonds is 2. The fourth-order valence-corrected chi connectivity index (χ4v) is 1.75. The second-order valence-electron chi connectivity index (χ2n) is 3.50. The van der Waals surface area contributed by atoms with Gasteiger partial charge in [0.1, 0.15) is 0 Å². The third-order valence-corrected chi connectivity index (χ3v) is 2.49. The molecule has 2 unspecified atom stereocenters. The smallest absolute Gasteiger partial charge is 0.0602 e. The minimum absolute atomic E-state index is 0.584. The van der Waals surface area contributed by atoms with Crippen molar-refractivity contribution in [2.75, 3.05) is 19.6 Å². The summed E-state index contributed by atoms with van der Waals surface area (Å²) in [5.74, 6) is 2.72. The molecule has 1 rings (SSSR count). The van der Waals surface area contributed by atoms with E-state index in [-0.39, 0.29) is 0 Å². The number of nitrogens with one attached hydrogen (secondary N) is 1. The van der Waals surface area contributed by atoms with E-state index in [1.807, 2.05) is 0 Å². The second-order valence-corrected chi connectivity index (χ2v) is 3.50. The van der Waals surface area contributed by atoms with Gasteiger partial charge in [-0.3, -0.25) is 4.90 Å². The van der Waals surface area contributed by atoms with Gasteiger partial charge in [0.25, 0.3) is 0 Å². The highest BCUT2D eigenvalue weighted by atomic mass is 15.2. The van der Waals surface area contributed by atoms with E-state index in [1.165, 1.54) is 6.42 Å². The third-order valence-electron chi connectivity index (χ3n) is 2.49. The van der Waals surface area contributed by atoms with Gasteiger partial charge in [0.2, 0.25) is 0 Å². The van der Waals surface area contributed by atoms with Gasteiger partial charge in [0.05, 0.1) is 6.54 Å². The zero-order chi connectivity index (χ0) is 8.97. The quantitative estimate of drug-likeness (QED) is 0.607. The van der Waals surface area contributed by atoms with Crippen molar-refractivity contribution < 1.29 is 0 Å². The Morgan fingerprint density at radius 3 is 3.00 bits per heavy atom. The molecule has 2 nitrogen and oxygen atoms in total. The summed E-state index contributed by atoms with van der Waals surface area (Å²) in [5.41, 5.74) is 0. The van der Waals surface area contributed by atoms with Gasteiger partial charge in [0, 0.05) is 25.2 Å². The van der Waals surface area contributed by atoms with Crippen molar-refractivity contribution in [3.05, 3.63) is 0 Å². The summed E-state index contributed by atoms with van der Waals surface area (Å²) in [6.45, 7) is 7.38. The number of terminal acetylenes is 1. The molecule has 1 aliphatic heterocycles. The maximum absolute atomic E-state index is 5.31. The van der Waals surface area contributed by atoms with Gasteiger partial charge >= 0.3 is 0 Å². The molecule has 0 aliphatic carbocycles. The molecule has 0 radical (unpaired) electrons. The van der Waals surface area contributed by atoms with E-state index >= 15 is 0 Å². The van der Waals surface area contributed by atoms with Crippen LogP contribution in [0.3, 0.4) is 0 Å². The number of nitrogens with zero attached hydrogens (tertiary/aromatic N) is 1. The molecule has 1 aliphatic rings. The average molecular weight is 166 g/mol. The molecule has 1 fully saturated rings. The SMILES string of the molecule is C#CCN1CC(C)NCC1CC. The zero-order valence-corrected chi connectivity index (χ0v) is 8.01. The molecular formula is C10H18N2. The highest BCUT2D eigenvalue weighted by Gasteiger charge is 2.22. The van der Waals surface area contributed by atoms with Crippen LogP contribution in [0, 0.1) is 12.3 Å². The monoisotopic (exact) mass is 166 g/mol. The molecule has 0 aromatic rings. The van der Waals surface area contributed by atoms with Crippen molar-refractivity contribution in [1.29, 1.82) is 0 Å². The number of hydrogen-bond acceptors (Lipinski definition) is 2. The minimum atomic E-state index is 0.584. The van der Waals surface area contributed by atoms with Gasteiger partial charge in [-0.1, -0.05) is 12.8 Å². The van der Waals surface area contributed by atoms with E-state index in [1.54, 1.807) is 0 Å². The first-order valence-corrected chi connectivity index (χ1v) is 4.68. The lowest BCUT2D eigenvalue weighted by Gasteiger charge is -2.37. The summed E-state index contributed by atoms with van der Waals surface area (Å²) in [5, 5.41) is 3.46. The molecule has 0 saturated carbocycles. The maximum Gasteiger partial charge on any atom is 0.0602 e. The van der Waals surface area contributed by atoms with Crippen molar-refractivity contribution >= 4 is 0 Å². The Kier molecular flexibility index (Phi) is 3.58. The van der Waals surface area contributed by atoms with Crippen LogP contribution in [-0.4, -0.2) is 36.6 Å². The van der Waals surface area contributed by atoms with Crippen LogP contribution in [0.2, 0.25) is 0 Å². The molecule has 1 N–H and O–H groups in total. The van der Waals surface area contributed by atoms with Crippen LogP contribution >= 0.6 is 0 Å². The van der Waals surface area contributed by atoms with Crippen molar-refractivity contribution in [3.63, 3.8) is 0 Å². The fraction of sp³-hybridized carbons (Fsp3) is 0.800. The molecule has 68 valence electrons. The number of piperazine rings is 1. The first-order chi connectivity index (χ1) is 5.77. The molecule has 0 aromatic heterocycles. The molecule has 0 spiro atoms. The van der Waals surface area contributed by atoms with Gasteiger partial charge in [-0.05, 0) is 13.3 Å². The van der Waals surface area contributed by atoms with E-state index in [2.05, 4.69) is 30.0 Å². The molecule has 1 heterocycles. The lowest BCUT2D eigenvalue weighted by molar-refractivity contribution is 0.149. The highest BCUT2D eigenvalue weighted by molar-refractivity contribution is 4.93. The predicted molar refractivity (Wildman–Crippen MR) is 51.9 cm³/mol. The van der Waals surface area contributed by atoms with Crippen LogP contribution in [0.25, 0.3) is 0 Å². The first kappa shape index (κ1) is 9.57. The van der Waals surface area contributed by atoms with Crippen LogP contribution in [0.1, 0.15) is 20.3 Å². The Morgan fingerprint density at radius 2 is 2.42 bits per heavy atom. The fourth-order valence-electron chi connectivity index (χ4n) is 1.75. The number of hydrogen-bond donors (Lipinski definition) is 1. The Hall–Kier alpha value is -0.520. The van der Waals surface area contributed by atoms with Crippen LogP contribution < -0.4 is 5.32 Å². The lowest BCUT2D eigenvalue weighted by atomic mass is 10.1. The van der Waals surface area contributed by atoms with Crippen molar-refractivity contribution in [1.82, 2.24) is 10.2 Å². The average Bonchev–Trinajstić information content (AvgIpc) is 2.05. The van der Waals surface area contributed by atoms with Gasteiger partial charge in [-0.2, -0.15) is 0 Å². The largest absolute Gasteiger partial charge is 0.311 e. The molecule has 2 atom stereocenters. The van der Waals surface area contributed by atoms with Crippen molar-refractivity contribution in [3.8, 4) is 12.3 Å². The Morgan fingerprint density at radius 1 is 1.67 bits per heavy atom. The van der Waals surface area contributed by atoms with Crippen LogP contribution in [0.4, 0.5) is 0 Å². The Labute approximate surface area is 75.3 Å². The normalized spacial score (nSPS) is 31.4. The van der Waals surface area contributed by atoms with Crippen LogP contribution in [0.5, 0.6) is 0 Å². The topological polar surface area (TPSA) is 15.3 Å². The third kappa shape index (κ3) is 2.23. The maximum atomic E-state index is 5.31. The summed E-state index contributed by atoms with van der Waals surface area (Å²) in [6, 6.07) is 1.22. The van der Waals surface area contributed by atoms with Crippen molar-refractivity contribution in [2.24, 2.45) is 0 Å². The van der Waals surface area contributed by atoms with E-state index in [0.717, 1.165) is 19.6 Å². The van der Waals surface area contributed by atoms with Crippen LogP contribution in [-0.2, 0) is 0 Å². The summed E-state index contributed by atoms with van der Waals surface area (Å²) >= 11 is 0. The molecule has 0 aromatic carbocycles. The lowest BCUT2D eigenvalue weighted by Crippen LogP contribution is -2.55. The van der Waals surface area contributed by atoms with E-state index in [4.69, 9.17) is 6.42 Å². The van der Waals surface area contributed by atoms with Gasteiger partial charge < -0.3 is 5.32 Å². The molecular weight excluding hydrogens is 148 g/mol. The molecule has 2 heteroatoms. The Bertz CT molecular complexity index is 171. The van der Waals surface area contributed by atoms with Crippen molar-refractivity contribution in [2.45, 2.75) is 32.4 Å². The van der Waals surface area contributed by atoms with Gasteiger partial charge in [0.15, 0.2) is 0 Å². The second kappa shape index (κ2) is 4.49. The highest BCUT2D eigenvalue weighted by Crippen LogP contribution is 2.08. The zero-order valence-electron chi connectivity index (χ0n) is 8.01. The van der Waals surface area contributed by atoms with Gasteiger partial charge in [-0.25, -0.2) is 0 Å². The van der Waals surface area contributed by atoms with E-state index < -0.39 is 0 Å². The predicted octanol–water partition coefficient (Wildman–Crippen LogP) is 0.692. The Balaban J connectivity index is 2.47. The molecule has 0 amide bonds. The van der Waals surface area contributed by atoms with E-state index in [0.29, 0.717) is 12.1 Å².